The first-order valence-corrected chi connectivity index (χ1v) is 7.35. The van der Waals surface area contributed by atoms with E-state index in [-0.39, 0.29) is 11.9 Å². The molecule has 0 N–H and O–H groups in total. The molecule has 1 aromatic carbocycles. The summed E-state index contributed by atoms with van der Waals surface area (Å²) in [6.07, 6.45) is 5.65. The van der Waals surface area contributed by atoms with Crippen LogP contribution in [0.5, 0.6) is 0 Å². The van der Waals surface area contributed by atoms with Crippen molar-refractivity contribution in [2.75, 3.05) is 6.54 Å². The van der Waals surface area contributed by atoms with Crippen LogP contribution >= 0.6 is 0 Å². The molecule has 0 radical (unpaired) electrons. The number of carbonyl (C=O) groups is 1. The highest BCUT2D eigenvalue weighted by atomic mass is 16.2. The molecule has 0 saturated heterocycles. The average Bonchev–Trinajstić information content (AvgIpc) is 2.96. The number of fused-ring (bicyclic) bond motifs is 1. The molecule has 0 spiro atoms. The molecule has 3 heteroatoms. The van der Waals surface area contributed by atoms with Crippen molar-refractivity contribution in [3.8, 4) is 0 Å². The summed E-state index contributed by atoms with van der Waals surface area (Å²) in [6, 6.07) is 12.4. The molecule has 1 aliphatic rings. The first-order valence-electron chi connectivity index (χ1n) is 7.35. The van der Waals surface area contributed by atoms with E-state index in [0.717, 1.165) is 18.7 Å². The highest BCUT2D eigenvalue weighted by Crippen LogP contribution is 2.25. The lowest BCUT2D eigenvalue weighted by atomic mass is 10.1. The number of carbonyl (C=O) groups excluding carboxylic acids is 1. The number of hydrogen-bond acceptors (Lipinski definition) is 1. The molecular formula is C18H20N2O. The maximum Gasteiger partial charge on any atom is 0.247 e. The average molecular weight is 280 g/mol. The van der Waals surface area contributed by atoms with Crippen LogP contribution < -0.4 is 0 Å². The highest BCUT2D eigenvalue weighted by Gasteiger charge is 2.25. The van der Waals surface area contributed by atoms with Crippen LogP contribution in [0, 0.1) is 6.92 Å². The fourth-order valence-corrected chi connectivity index (χ4v) is 2.82. The predicted octanol–water partition coefficient (Wildman–Crippen LogP) is 3.41. The maximum atomic E-state index is 12.4. The monoisotopic (exact) mass is 280 g/mol. The third kappa shape index (κ3) is 2.77. The minimum Gasteiger partial charge on any atom is -0.348 e. The number of nitrogens with zero attached hydrogens (tertiary/aromatic N) is 2. The Kier molecular flexibility index (Phi) is 3.65. The second-order valence-corrected chi connectivity index (χ2v) is 5.58. The van der Waals surface area contributed by atoms with Crippen LogP contribution in [0.4, 0.5) is 0 Å². The van der Waals surface area contributed by atoms with Gasteiger partial charge in [-0.3, -0.25) is 4.79 Å². The molecule has 3 nitrogen and oxygen atoms in total. The predicted molar refractivity (Wildman–Crippen MR) is 84.8 cm³/mol. The third-order valence-corrected chi connectivity index (χ3v) is 4.12. The van der Waals surface area contributed by atoms with Gasteiger partial charge < -0.3 is 9.47 Å². The van der Waals surface area contributed by atoms with Crippen LogP contribution in [0.1, 0.15) is 29.8 Å². The van der Waals surface area contributed by atoms with E-state index in [4.69, 9.17) is 0 Å². The fourth-order valence-electron chi connectivity index (χ4n) is 2.82. The van der Waals surface area contributed by atoms with Crippen molar-refractivity contribution in [2.45, 2.75) is 26.4 Å². The number of benzene rings is 1. The van der Waals surface area contributed by atoms with Crippen molar-refractivity contribution in [2.24, 2.45) is 0 Å². The molecule has 108 valence electrons. The van der Waals surface area contributed by atoms with E-state index in [1.165, 1.54) is 11.3 Å². The number of hydrogen-bond donors (Lipinski definition) is 0. The maximum absolute atomic E-state index is 12.4. The van der Waals surface area contributed by atoms with E-state index in [1.54, 1.807) is 6.08 Å². The molecule has 0 unspecified atom stereocenters. The lowest BCUT2D eigenvalue weighted by molar-refractivity contribution is -0.129. The molecule has 2 heterocycles. The minimum atomic E-state index is 0.0792. The van der Waals surface area contributed by atoms with Crippen LogP contribution in [0.2, 0.25) is 0 Å². The molecule has 1 atom stereocenters. The molecule has 21 heavy (non-hydrogen) atoms. The second kappa shape index (κ2) is 5.60. The summed E-state index contributed by atoms with van der Waals surface area (Å²) in [4.78, 5) is 14.3. The lowest BCUT2D eigenvalue weighted by Crippen LogP contribution is -2.39. The Morgan fingerprint density at radius 3 is 2.71 bits per heavy atom. The van der Waals surface area contributed by atoms with Gasteiger partial charge in [0.1, 0.15) is 0 Å². The summed E-state index contributed by atoms with van der Waals surface area (Å²) in [5.41, 5.74) is 3.49. The Hall–Kier alpha value is -2.29. The number of aryl methyl sites for hydroxylation is 1. The first-order chi connectivity index (χ1) is 10.1. The van der Waals surface area contributed by atoms with Crippen LogP contribution in [-0.4, -0.2) is 21.9 Å². The van der Waals surface area contributed by atoms with Gasteiger partial charge in [-0.1, -0.05) is 29.8 Å². The molecule has 0 bridgehead atoms. The molecule has 1 aromatic heterocycles. The van der Waals surface area contributed by atoms with Gasteiger partial charge in [0.05, 0.1) is 6.04 Å². The fraction of sp³-hybridized carbons (Fsp3) is 0.278. The topological polar surface area (TPSA) is 25.2 Å². The SMILES string of the molecule is Cc1ccc(/C=C\C(=O)N2CCn3cccc3[C@@H]2C)cc1. The first kappa shape index (κ1) is 13.7. The molecule has 1 aliphatic heterocycles. The smallest absolute Gasteiger partial charge is 0.247 e. The summed E-state index contributed by atoms with van der Waals surface area (Å²) < 4.78 is 2.22. The minimum absolute atomic E-state index is 0.0792. The van der Waals surface area contributed by atoms with Gasteiger partial charge in [-0.25, -0.2) is 0 Å². The van der Waals surface area contributed by atoms with E-state index in [9.17, 15) is 4.79 Å². The van der Waals surface area contributed by atoms with Gasteiger partial charge in [-0.05, 0) is 37.6 Å². The van der Waals surface area contributed by atoms with Crippen LogP contribution in [0.3, 0.4) is 0 Å². The number of aromatic nitrogens is 1. The van der Waals surface area contributed by atoms with E-state index in [1.807, 2.05) is 29.2 Å². The van der Waals surface area contributed by atoms with Gasteiger partial charge in [-0.15, -0.1) is 0 Å². The summed E-state index contributed by atoms with van der Waals surface area (Å²) in [6.45, 7) is 5.78. The zero-order valence-electron chi connectivity index (χ0n) is 12.5. The Morgan fingerprint density at radius 1 is 1.19 bits per heavy atom. The number of amides is 1. The van der Waals surface area contributed by atoms with Crippen LogP contribution in [0.25, 0.3) is 6.08 Å². The molecule has 0 saturated carbocycles. The van der Waals surface area contributed by atoms with Crippen LogP contribution in [0.15, 0.2) is 48.7 Å². The molecule has 1 amide bonds. The second-order valence-electron chi connectivity index (χ2n) is 5.58. The quantitative estimate of drug-likeness (QED) is 0.774. The summed E-state index contributed by atoms with van der Waals surface area (Å²) >= 11 is 0. The Labute approximate surface area is 125 Å². The van der Waals surface area contributed by atoms with Gasteiger partial charge in [0.15, 0.2) is 0 Å². The van der Waals surface area contributed by atoms with Crippen molar-refractivity contribution in [3.63, 3.8) is 0 Å². The van der Waals surface area contributed by atoms with Gasteiger partial charge in [0.25, 0.3) is 0 Å². The molecule has 3 rings (SSSR count). The summed E-state index contributed by atoms with van der Waals surface area (Å²) in [7, 11) is 0. The Morgan fingerprint density at radius 2 is 1.95 bits per heavy atom. The van der Waals surface area contributed by atoms with Crippen molar-refractivity contribution >= 4 is 12.0 Å². The van der Waals surface area contributed by atoms with Crippen molar-refractivity contribution in [3.05, 3.63) is 65.5 Å². The Balaban J connectivity index is 1.73. The summed E-state index contributed by atoms with van der Waals surface area (Å²) in [5.74, 6) is 0.0792. The van der Waals surface area contributed by atoms with Gasteiger partial charge in [0, 0.05) is 31.1 Å². The van der Waals surface area contributed by atoms with Crippen molar-refractivity contribution < 1.29 is 4.79 Å². The third-order valence-electron chi connectivity index (χ3n) is 4.12. The van der Waals surface area contributed by atoms with E-state index >= 15 is 0 Å². The van der Waals surface area contributed by atoms with Crippen molar-refractivity contribution in [1.29, 1.82) is 0 Å². The molecule has 0 fully saturated rings. The van der Waals surface area contributed by atoms with Crippen molar-refractivity contribution in [1.82, 2.24) is 9.47 Å². The van der Waals surface area contributed by atoms with E-state index in [0.29, 0.717) is 0 Å². The number of rotatable bonds is 2. The van der Waals surface area contributed by atoms with Gasteiger partial charge in [-0.2, -0.15) is 0 Å². The van der Waals surface area contributed by atoms with Crippen LogP contribution in [-0.2, 0) is 11.3 Å². The molecule has 0 aliphatic carbocycles. The van der Waals surface area contributed by atoms with Gasteiger partial charge >= 0.3 is 0 Å². The van der Waals surface area contributed by atoms with E-state index < -0.39 is 0 Å². The lowest BCUT2D eigenvalue weighted by Gasteiger charge is -2.34. The standard InChI is InChI=1S/C18H20N2O/c1-14-5-7-16(8-6-14)9-10-18(21)20-13-12-19-11-3-4-17(19)15(20)2/h3-11,15H,12-13H2,1-2H3/b10-9-/t15-/m0/s1. The Bertz CT molecular complexity index is 667. The molecular weight excluding hydrogens is 260 g/mol. The zero-order chi connectivity index (χ0) is 14.8. The highest BCUT2D eigenvalue weighted by molar-refractivity contribution is 5.92. The van der Waals surface area contributed by atoms with Gasteiger partial charge in [0.2, 0.25) is 5.91 Å². The summed E-state index contributed by atoms with van der Waals surface area (Å²) in [5, 5.41) is 0. The molecule has 2 aromatic rings. The largest absolute Gasteiger partial charge is 0.348 e. The van der Waals surface area contributed by atoms with E-state index in [2.05, 4.69) is 42.8 Å². The zero-order valence-corrected chi connectivity index (χ0v) is 12.5. The normalized spacial score (nSPS) is 18.0.